The highest BCUT2D eigenvalue weighted by Crippen LogP contribution is 2.10. The zero-order valence-electron chi connectivity index (χ0n) is 10.4. The fraction of sp³-hybridized carbons (Fsp3) is 0.385. The van der Waals surface area contributed by atoms with Crippen molar-refractivity contribution in [1.82, 2.24) is 15.5 Å². The molecule has 0 bridgehead atoms. The lowest BCUT2D eigenvalue weighted by atomic mass is 10.3. The van der Waals surface area contributed by atoms with Gasteiger partial charge in [-0.25, -0.2) is 0 Å². The fourth-order valence-corrected chi connectivity index (χ4v) is 1.46. The van der Waals surface area contributed by atoms with Gasteiger partial charge in [-0.05, 0) is 25.1 Å². The van der Waals surface area contributed by atoms with Crippen molar-refractivity contribution in [1.29, 1.82) is 0 Å². The number of rotatable bonds is 7. The lowest BCUT2D eigenvalue weighted by Gasteiger charge is -2.01. The number of ether oxygens (including phenoxy) is 1. The molecule has 1 heterocycles. The molecule has 0 radical (unpaired) electrons. The summed E-state index contributed by atoms with van der Waals surface area (Å²) >= 11 is 0. The molecule has 1 aromatic heterocycles. The van der Waals surface area contributed by atoms with E-state index in [0.29, 0.717) is 24.9 Å². The van der Waals surface area contributed by atoms with Crippen LogP contribution in [0.5, 0.6) is 5.75 Å². The van der Waals surface area contributed by atoms with E-state index in [1.165, 1.54) is 0 Å². The maximum atomic E-state index is 5.53. The van der Waals surface area contributed by atoms with Crippen molar-refractivity contribution in [3.8, 4) is 5.75 Å². The van der Waals surface area contributed by atoms with Gasteiger partial charge in [0, 0.05) is 0 Å². The minimum absolute atomic E-state index is 0.321. The topological polar surface area (TPSA) is 60.2 Å². The Bertz CT molecular complexity index is 456. The van der Waals surface area contributed by atoms with Gasteiger partial charge < -0.3 is 14.6 Å². The Labute approximate surface area is 106 Å². The highest BCUT2D eigenvalue weighted by Gasteiger charge is 2.06. The van der Waals surface area contributed by atoms with Gasteiger partial charge in [0.25, 0.3) is 0 Å². The Balaban J connectivity index is 1.80. The number of nitrogens with zero attached hydrogens (tertiary/aromatic N) is 2. The van der Waals surface area contributed by atoms with E-state index < -0.39 is 0 Å². The second kappa shape index (κ2) is 6.76. The van der Waals surface area contributed by atoms with Gasteiger partial charge in [-0.3, -0.25) is 0 Å². The van der Waals surface area contributed by atoms with Gasteiger partial charge in [-0.2, -0.15) is 4.98 Å². The summed E-state index contributed by atoms with van der Waals surface area (Å²) in [6.45, 7) is 3.98. The van der Waals surface area contributed by atoms with Crippen LogP contribution in [0.3, 0.4) is 0 Å². The Morgan fingerprint density at radius 3 is 2.89 bits per heavy atom. The van der Waals surface area contributed by atoms with E-state index in [9.17, 15) is 0 Å². The third kappa shape index (κ3) is 3.85. The smallest absolute Gasteiger partial charge is 0.240 e. The van der Waals surface area contributed by atoms with E-state index in [4.69, 9.17) is 9.26 Å². The van der Waals surface area contributed by atoms with Crippen LogP contribution in [-0.2, 0) is 13.2 Å². The average molecular weight is 247 g/mol. The third-order valence-corrected chi connectivity index (χ3v) is 2.32. The molecule has 0 amide bonds. The maximum Gasteiger partial charge on any atom is 0.240 e. The number of benzene rings is 1. The Morgan fingerprint density at radius 2 is 2.11 bits per heavy atom. The van der Waals surface area contributed by atoms with Gasteiger partial charge in [0.15, 0.2) is 6.61 Å². The van der Waals surface area contributed by atoms with Crippen molar-refractivity contribution >= 4 is 0 Å². The quantitative estimate of drug-likeness (QED) is 0.760. The summed E-state index contributed by atoms with van der Waals surface area (Å²) in [5.74, 6) is 1.95. The molecule has 2 aromatic rings. The lowest BCUT2D eigenvalue weighted by molar-refractivity contribution is 0.284. The van der Waals surface area contributed by atoms with Crippen molar-refractivity contribution < 1.29 is 9.26 Å². The van der Waals surface area contributed by atoms with Crippen LogP contribution in [-0.4, -0.2) is 16.7 Å². The van der Waals surface area contributed by atoms with Gasteiger partial charge >= 0.3 is 0 Å². The van der Waals surface area contributed by atoms with E-state index in [0.717, 1.165) is 18.7 Å². The van der Waals surface area contributed by atoms with E-state index >= 15 is 0 Å². The molecule has 1 N–H and O–H groups in total. The molecule has 0 spiro atoms. The fourth-order valence-electron chi connectivity index (χ4n) is 1.46. The summed E-state index contributed by atoms with van der Waals surface area (Å²) in [4.78, 5) is 4.23. The molecule has 96 valence electrons. The van der Waals surface area contributed by atoms with Gasteiger partial charge in [0.1, 0.15) is 5.75 Å². The summed E-state index contributed by atoms with van der Waals surface area (Å²) in [6.07, 6.45) is 1.08. The Kier molecular flexibility index (Phi) is 4.72. The second-order valence-corrected chi connectivity index (χ2v) is 3.88. The van der Waals surface area contributed by atoms with E-state index in [2.05, 4.69) is 22.4 Å². The monoisotopic (exact) mass is 247 g/mol. The molecule has 18 heavy (non-hydrogen) atoms. The van der Waals surface area contributed by atoms with Crippen LogP contribution in [0.2, 0.25) is 0 Å². The van der Waals surface area contributed by atoms with E-state index in [1.54, 1.807) is 0 Å². The molecule has 0 unspecified atom stereocenters. The number of hydrogen-bond acceptors (Lipinski definition) is 5. The lowest BCUT2D eigenvalue weighted by Crippen LogP contribution is -2.14. The zero-order valence-corrected chi connectivity index (χ0v) is 10.4. The normalized spacial score (nSPS) is 10.5. The van der Waals surface area contributed by atoms with Crippen LogP contribution in [0.1, 0.15) is 25.1 Å². The van der Waals surface area contributed by atoms with Crippen LogP contribution in [0, 0.1) is 0 Å². The second-order valence-electron chi connectivity index (χ2n) is 3.88. The SMILES string of the molecule is CCCNCc1nc(COc2ccccc2)no1. The third-order valence-electron chi connectivity index (χ3n) is 2.32. The predicted octanol–water partition coefficient (Wildman–Crippen LogP) is 2.15. The molecule has 5 heteroatoms. The van der Waals surface area contributed by atoms with Crippen LogP contribution < -0.4 is 10.1 Å². The average Bonchev–Trinajstić information content (AvgIpc) is 2.86. The van der Waals surface area contributed by atoms with E-state index in [1.807, 2.05) is 30.3 Å². The highest BCUT2D eigenvalue weighted by atomic mass is 16.5. The molecule has 1 aromatic carbocycles. The van der Waals surface area contributed by atoms with Gasteiger partial charge in [0.05, 0.1) is 6.54 Å². The molecule has 0 aliphatic carbocycles. The van der Waals surface area contributed by atoms with Gasteiger partial charge in [0.2, 0.25) is 11.7 Å². The first kappa shape index (κ1) is 12.6. The molecule has 2 rings (SSSR count). The highest BCUT2D eigenvalue weighted by molar-refractivity contribution is 5.20. The van der Waals surface area contributed by atoms with Crippen LogP contribution in [0.15, 0.2) is 34.9 Å². The maximum absolute atomic E-state index is 5.53. The van der Waals surface area contributed by atoms with Crippen LogP contribution >= 0.6 is 0 Å². The number of hydrogen-bond donors (Lipinski definition) is 1. The summed E-state index contributed by atoms with van der Waals surface area (Å²) in [5.41, 5.74) is 0. The first-order valence-corrected chi connectivity index (χ1v) is 6.08. The van der Waals surface area contributed by atoms with Crippen molar-refractivity contribution in [3.05, 3.63) is 42.0 Å². The van der Waals surface area contributed by atoms with Crippen LogP contribution in [0.4, 0.5) is 0 Å². The molecule has 0 fully saturated rings. The summed E-state index contributed by atoms with van der Waals surface area (Å²) in [5, 5.41) is 7.06. The van der Waals surface area contributed by atoms with Crippen molar-refractivity contribution in [2.24, 2.45) is 0 Å². The molecule has 0 aliphatic rings. The number of nitrogens with one attached hydrogen (secondary N) is 1. The van der Waals surface area contributed by atoms with Crippen LogP contribution in [0.25, 0.3) is 0 Å². The molecular formula is C13H17N3O2. The summed E-state index contributed by atoms with van der Waals surface area (Å²) in [7, 11) is 0. The van der Waals surface area contributed by atoms with Gasteiger partial charge in [-0.15, -0.1) is 0 Å². The minimum atomic E-state index is 0.321. The van der Waals surface area contributed by atoms with Gasteiger partial charge in [-0.1, -0.05) is 30.3 Å². The molecule has 0 saturated carbocycles. The zero-order chi connectivity index (χ0) is 12.6. The summed E-state index contributed by atoms with van der Waals surface area (Å²) in [6, 6.07) is 9.57. The largest absolute Gasteiger partial charge is 0.485 e. The van der Waals surface area contributed by atoms with Crippen molar-refractivity contribution in [3.63, 3.8) is 0 Å². The minimum Gasteiger partial charge on any atom is -0.485 e. The number of para-hydroxylation sites is 1. The molecule has 0 saturated heterocycles. The molecule has 5 nitrogen and oxygen atoms in total. The first-order chi connectivity index (χ1) is 8.88. The van der Waals surface area contributed by atoms with Crippen molar-refractivity contribution in [2.45, 2.75) is 26.5 Å². The molecule has 0 atom stereocenters. The molecule has 0 aliphatic heterocycles. The van der Waals surface area contributed by atoms with Crippen molar-refractivity contribution in [2.75, 3.05) is 6.54 Å². The first-order valence-electron chi connectivity index (χ1n) is 6.08. The van der Waals surface area contributed by atoms with E-state index in [-0.39, 0.29) is 0 Å². The Hall–Kier alpha value is -1.88. The summed E-state index contributed by atoms with van der Waals surface area (Å²) < 4.78 is 10.6. The molecular weight excluding hydrogens is 230 g/mol. The number of aromatic nitrogens is 2. The predicted molar refractivity (Wildman–Crippen MR) is 67.1 cm³/mol. The Morgan fingerprint density at radius 1 is 1.28 bits per heavy atom. The standard InChI is InChI=1S/C13H17N3O2/c1-2-8-14-9-13-15-12(16-18-13)10-17-11-6-4-3-5-7-11/h3-7,14H,2,8-10H2,1H3.